The molecule has 0 fully saturated rings. The van der Waals surface area contributed by atoms with Crippen LogP contribution in [-0.4, -0.2) is 43.1 Å². The summed E-state index contributed by atoms with van der Waals surface area (Å²) in [6.45, 7) is 3.90. The molecule has 0 radical (unpaired) electrons. The molecular formula is C20H29ClN4. The molecule has 1 aromatic heterocycles. The van der Waals surface area contributed by atoms with Crippen molar-refractivity contribution in [2.24, 2.45) is 5.73 Å². The summed E-state index contributed by atoms with van der Waals surface area (Å²) >= 11 is 6.18. The Morgan fingerprint density at radius 2 is 2.00 bits per heavy atom. The van der Waals surface area contributed by atoms with Gasteiger partial charge in [-0.1, -0.05) is 11.6 Å². The largest absolute Gasteiger partial charge is 0.384 e. The molecular weight excluding hydrogens is 332 g/mol. The second-order valence-corrected chi connectivity index (χ2v) is 7.44. The van der Waals surface area contributed by atoms with Crippen molar-refractivity contribution in [2.45, 2.75) is 38.5 Å². The van der Waals surface area contributed by atoms with E-state index in [1.54, 1.807) is 0 Å². The number of nitrogens with one attached hydrogen (secondary N) is 1. The molecule has 0 amide bonds. The predicted molar refractivity (Wildman–Crippen MR) is 108 cm³/mol. The van der Waals surface area contributed by atoms with Crippen LogP contribution in [0.25, 0.3) is 10.9 Å². The molecule has 1 aliphatic carbocycles. The maximum Gasteiger partial charge on any atom is 0.0741 e. The van der Waals surface area contributed by atoms with E-state index < -0.39 is 0 Å². The number of hydrogen-bond donors (Lipinski definition) is 2. The average Bonchev–Trinajstić information content (AvgIpc) is 2.62. The van der Waals surface area contributed by atoms with Gasteiger partial charge in [-0.25, -0.2) is 0 Å². The Bertz CT molecular complexity index is 716. The maximum atomic E-state index is 6.18. The van der Waals surface area contributed by atoms with E-state index >= 15 is 0 Å². The molecule has 3 N–H and O–H groups in total. The highest BCUT2D eigenvalue weighted by molar-refractivity contribution is 6.31. The van der Waals surface area contributed by atoms with Gasteiger partial charge >= 0.3 is 0 Å². The average molecular weight is 361 g/mol. The van der Waals surface area contributed by atoms with Crippen LogP contribution in [0.1, 0.15) is 36.9 Å². The molecule has 0 saturated heterocycles. The van der Waals surface area contributed by atoms with Crippen LogP contribution < -0.4 is 11.1 Å². The fraction of sp³-hybridized carbons (Fsp3) is 0.550. The molecule has 0 bridgehead atoms. The lowest BCUT2D eigenvalue weighted by molar-refractivity contribution is 0.330. The summed E-state index contributed by atoms with van der Waals surface area (Å²) in [5.74, 6) is 0. The Hall–Kier alpha value is -1.36. The van der Waals surface area contributed by atoms with E-state index in [0.29, 0.717) is 0 Å². The van der Waals surface area contributed by atoms with Crippen molar-refractivity contribution in [2.75, 3.05) is 38.5 Å². The van der Waals surface area contributed by atoms with E-state index in [-0.39, 0.29) is 0 Å². The number of fused-ring (bicyclic) bond motifs is 2. The van der Waals surface area contributed by atoms with Gasteiger partial charge in [0.25, 0.3) is 0 Å². The van der Waals surface area contributed by atoms with Gasteiger partial charge in [-0.05, 0) is 89.0 Å². The van der Waals surface area contributed by atoms with Crippen LogP contribution in [0.2, 0.25) is 5.02 Å². The zero-order chi connectivity index (χ0) is 17.6. The Labute approximate surface area is 155 Å². The monoisotopic (exact) mass is 360 g/mol. The van der Waals surface area contributed by atoms with E-state index in [4.69, 9.17) is 22.3 Å². The minimum absolute atomic E-state index is 0.753. The second kappa shape index (κ2) is 8.84. The third-order valence-electron chi connectivity index (χ3n) is 4.99. The van der Waals surface area contributed by atoms with Crippen LogP contribution in [0.15, 0.2) is 18.2 Å². The van der Waals surface area contributed by atoms with Gasteiger partial charge in [0, 0.05) is 28.3 Å². The van der Waals surface area contributed by atoms with Crippen LogP contribution >= 0.6 is 11.6 Å². The van der Waals surface area contributed by atoms with Crippen molar-refractivity contribution in [3.63, 3.8) is 0 Å². The highest BCUT2D eigenvalue weighted by Crippen LogP contribution is 2.34. The first-order valence-corrected chi connectivity index (χ1v) is 9.80. The molecule has 1 heterocycles. The first-order chi connectivity index (χ1) is 12.2. The number of aryl methyl sites for hydroxylation is 1. The molecule has 136 valence electrons. The van der Waals surface area contributed by atoms with Crippen molar-refractivity contribution < 1.29 is 0 Å². The van der Waals surface area contributed by atoms with Gasteiger partial charge in [0.1, 0.15) is 0 Å². The number of hydrogen-bond acceptors (Lipinski definition) is 4. The number of benzene rings is 1. The maximum absolute atomic E-state index is 6.18. The van der Waals surface area contributed by atoms with E-state index in [1.807, 2.05) is 12.1 Å². The number of anilines is 1. The Kier molecular flexibility index (Phi) is 6.51. The van der Waals surface area contributed by atoms with E-state index in [2.05, 4.69) is 23.3 Å². The lowest BCUT2D eigenvalue weighted by atomic mass is 9.92. The number of aromatic nitrogens is 1. The fourth-order valence-electron chi connectivity index (χ4n) is 3.64. The van der Waals surface area contributed by atoms with Crippen LogP contribution in [0.5, 0.6) is 0 Å². The minimum atomic E-state index is 0.753. The van der Waals surface area contributed by atoms with Crippen LogP contribution in [0, 0.1) is 0 Å². The summed E-state index contributed by atoms with van der Waals surface area (Å²) < 4.78 is 0. The van der Waals surface area contributed by atoms with Crippen molar-refractivity contribution >= 4 is 28.2 Å². The number of nitrogens with zero attached hydrogens (tertiary/aromatic N) is 2. The topological polar surface area (TPSA) is 54.2 Å². The molecule has 25 heavy (non-hydrogen) atoms. The van der Waals surface area contributed by atoms with Crippen molar-refractivity contribution in [1.29, 1.82) is 0 Å². The standard InChI is InChI=1S/C20H29ClN4/c1-25(12-4-10-22)13-5-11-23-20-16-6-2-3-7-18(16)24-19-14-15(21)8-9-17(19)20/h8-9,14H,2-7,10-13,22H2,1H3,(H,23,24). The van der Waals surface area contributed by atoms with Crippen molar-refractivity contribution in [1.82, 2.24) is 9.88 Å². The zero-order valence-corrected chi connectivity index (χ0v) is 15.9. The van der Waals surface area contributed by atoms with Crippen LogP contribution in [0.3, 0.4) is 0 Å². The normalized spacial score (nSPS) is 14.1. The molecule has 3 rings (SSSR count). The summed E-state index contributed by atoms with van der Waals surface area (Å²) in [6.07, 6.45) is 6.87. The molecule has 0 unspecified atom stereocenters. The predicted octanol–water partition coefficient (Wildman–Crippen LogP) is 3.85. The lowest BCUT2D eigenvalue weighted by Gasteiger charge is -2.22. The molecule has 1 aromatic carbocycles. The SMILES string of the molecule is CN(CCCN)CCCNc1c2c(nc3cc(Cl)ccc13)CCCC2. The van der Waals surface area contributed by atoms with Gasteiger partial charge in [-0.15, -0.1) is 0 Å². The van der Waals surface area contributed by atoms with Gasteiger partial charge in [-0.2, -0.15) is 0 Å². The molecule has 4 nitrogen and oxygen atoms in total. The fourth-order valence-corrected chi connectivity index (χ4v) is 3.80. The number of pyridine rings is 1. The number of rotatable bonds is 8. The summed E-state index contributed by atoms with van der Waals surface area (Å²) in [5.41, 5.74) is 10.5. The van der Waals surface area contributed by atoms with Crippen molar-refractivity contribution in [3.8, 4) is 0 Å². The summed E-state index contributed by atoms with van der Waals surface area (Å²) in [5, 5.41) is 5.66. The number of halogens is 1. The van der Waals surface area contributed by atoms with Gasteiger partial charge in [0.15, 0.2) is 0 Å². The molecule has 2 aromatic rings. The molecule has 1 aliphatic rings. The molecule has 0 aliphatic heterocycles. The molecule has 0 atom stereocenters. The van der Waals surface area contributed by atoms with Crippen LogP contribution in [-0.2, 0) is 12.8 Å². The highest BCUT2D eigenvalue weighted by atomic mass is 35.5. The van der Waals surface area contributed by atoms with Crippen LogP contribution in [0.4, 0.5) is 5.69 Å². The van der Waals surface area contributed by atoms with E-state index in [1.165, 1.54) is 35.2 Å². The van der Waals surface area contributed by atoms with Gasteiger partial charge in [-0.3, -0.25) is 4.98 Å². The highest BCUT2D eigenvalue weighted by Gasteiger charge is 2.18. The van der Waals surface area contributed by atoms with Crippen molar-refractivity contribution in [3.05, 3.63) is 34.5 Å². The first kappa shape index (κ1) is 18.4. The van der Waals surface area contributed by atoms with Gasteiger partial charge < -0.3 is 16.0 Å². The quantitative estimate of drug-likeness (QED) is 0.702. The minimum Gasteiger partial charge on any atom is -0.384 e. The number of nitrogens with two attached hydrogens (primary N) is 1. The van der Waals surface area contributed by atoms with E-state index in [9.17, 15) is 0 Å². The summed E-state index contributed by atoms with van der Waals surface area (Å²) in [7, 11) is 2.17. The molecule has 0 saturated carbocycles. The lowest BCUT2D eigenvalue weighted by Crippen LogP contribution is -2.24. The van der Waals surface area contributed by atoms with E-state index in [0.717, 1.165) is 62.4 Å². The first-order valence-electron chi connectivity index (χ1n) is 9.42. The Morgan fingerprint density at radius 1 is 1.20 bits per heavy atom. The smallest absolute Gasteiger partial charge is 0.0741 e. The molecule has 5 heteroatoms. The third-order valence-corrected chi connectivity index (χ3v) is 5.22. The van der Waals surface area contributed by atoms with Gasteiger partial charge in [0.2, 0.25) is 0 Å². The van der Waals surface area contributed by atoms with Gasteiger partial charge in [0.05, 0.1) is 5.52 Å². The zero-order valence-electron chi connectivity index (χ0n) is 15.2. The second-order valence-electron chi connectivity index (χ2n) is 7.01. The Balaban J connectivity index is 1.73. The Morgan fingerprint density at radius 3 is 2.84 bits per heavy atom. The molecule has 0 spiro atoms. The summed E-state index contributed by atoms with van der Waals surface area (Å²) in [4.78, 5) is 7.24. The summed E-state index contributed by atoms with van der Waals surface area (Å²) in [6, 6.07) is 6.05. The third kappa shape index (κ3) is 4.63.